The highest BCUT2D eigenvalue weighted by Gasteiger charge is 2.20. The molecule has 3 aromatic carbocycles. The fraction of sp³-hybridized carbons (Fsp3) is 0.0833. The second-order valence-corrected chi connectivity index (χ2v) is 7.03. The van der Waals surface area contributed by atoms with E-state index in [9.17, 15) is 18.0 Å². The second-order valence-electron chi connectivity index (χ2n) is 7.03. The number of para-hydroxylation sites is 1. The standard InChI is InChI=1S/C24H18F3N3O2/c25-18-7-3-5-16(11-18)13-30-14-20(23(31)28-22-10-2-1-9-21(22)27)24(29-30)32-15-17-6-4-8-19(26)12-17/h1-12,14H,13,15H2,(H,28,31). The molecule has 0 atom stereocenters. The first-order chi connectivity index (χ1) is 15.5. The summed E-state index contributed by atoms with van der Waals surface area (Å²) in [5.41, 5.74) is 1.24. The number of carbonyl (C=O) groups excluding carboxylic acids is 1. The van der Waals surface area contributed by atoms with Crippen molar-refractivity contribution in [2.75, 3.05) is 5.32 Å². The summed E-state index contributed by atoms with van der Waals surface area (Å²) in [5.74, 6) is -2.04. The Morgan fingerprint density at radius 3 is 2.31 bits per heavy atom. The molecule has 0 fully saturated rings. The van der Waals surface area contributed by atoms with Crippen molar-refractivity contribution in [2.45, 2.75) is 13.2 Å². The topological polar surface area (TPSA) is 56.2 Å². The van der Waals surface area contributed by atoms with Gasteiger partial charge in [-0.2, -0.15) is 0 Å². The molecule has 5 nitrogen and oxygen atoms in total. The number of ether oxygens (including phenoxy) is 1. The Morgan fingerprint density at radius 1 is 0.906 bits per heavy atom. The van der Waals surface area contributed by atoms with Gasteiger partial charge in [-0.3, -0.25) is 9.48 Å². The maximum absolute atomic E-state index is 14.0. The van der Waals surface area contributed by atoms with E-state index in [2.05, 4.69) is 10.4 Å². The van der Waals surface area contributed by atoms with Gasteiger partial charge in [-0.05, 0) is 47.5 Å². The molecule has 1 heterocycles. The molecule has 4 rings (SSSR count). The number of rotatable bonds is 7. The van der Waals surface area contributed by atoms with Gasteiger partial charge < -0.3 is 10.1 Å². The van der Waals surface area contributed by atoms with Crippen molar-refractivity contribution in [1.82, 2.24) is 9.78 Å². The van der Waals surface area contributed by atoms with Gasteiger partial charge in [-0.15, -0.1) is 5.10 Å². The molecule has 0 saturated carbocycles. The Morgan fingerprint density at radius 2 is 1.59 bits per heavy atom. The van der Waals surface area contributed by atoms with Crippen LogP contribution in [0.1, 0.15) is 21.5 Å². The summed E-state index contributed by atoms with van der Waals surface area (Å²) in [5, 5.41) is 6.77. The first-order valence-corrected chi connectivity index (χ1v) is 9.73. The molecule has 0 saturated heterocycles. The number of amides is 1. The van der Waals surface area contributed by atoms with Gasteiger partial charge in [0.1, 0.15) is 29.6 Å². The Kier molecular flexibility index (Phi) is 6.21. The predicted octanol–water partition coefficient (Wildman–Crippen LogP) is 5.18. The third kappa shape index (κ3) is 5.15. The molecule has 1 aromatic heterocycles. The van der Waals surface area contributed by atoms with E-state index in [4.69, 9.17) is 4.74 Å². The van der Waals surface area contributed by atoms with E-state index in [-0.39, 0.29) is 30.3 Å². The van der Waals surface area contributed by atoms with Gasteiger partial charge in [0.2, 0.25) is 5.88 Å². The van der Waals surface area contributed by atoms with Gasteiger partial charge in [0.05, 0.1) is 12.2 Å². The van der Waals surface area contributed by atoms with Crippen LogP contribution in [0.2, 0.25) is 0 Å². The van der Waals surface area contributed by atoms with Gasteiger partial charge in [-0.25, -0.2) is 13.2 Å². The van der Waals surface area contributed by atoms with Crippen LogP contribution >= 0.6 is 0 Å². The average Bonchev–Trinajstić information content (AvgIpc) is 3.17. The van der Waals surface area contributed by atoms with Crippen LogP contribution in [0.3, 0.4) is 0 Å². The fourth-order valence-corrected chi connectivity index (χ4v) is 3.10. The highest BCUT2D eigenvalue weighted by molar-refractivity contribution is 6.05. The van der Waals surface area contributed by atoms with E-state index in [1.54, 1.807) is 30.3 Å². The zero-order chi connectivity index (χ0) is 22.5. The van der Waals surface area contributed by atoms with Crippen molar-refractivity contribution < 1.29 is 22.7 Å². The van der Waals surface area contributed by atoms with E-state index in [1.165, 1.54) is 53.3 Å². The van der Waals surface area contributed by atoms with Crippen LogP contribution in [0.4, 0.5) is 18.9 Å². The van der Waals surface area contributed by atoms with Crippen LogP contribution in [0, 0.1) is 17.5 Å². The molecule has 4 aromatic rings. The smallest absolute Gasteiger partial charge is 0.262 e. The van der Waals surface area contributed by atoms with Crippen molar-refractivity contribution >= 4 is 11.6 Å². The highest BCUT2D eigenvalue weighted by atomic mass is 19.1. The lowest BCUT2D eigenvalue weighted by Crippen LogP contribution is -2.13. The van der Waals surface area contributed by atoms with Crippen molar-refractivity contribution in [3.05, 3.63) is 113 Å². The van der Waals surface area contributed by atoms with Crippen molar-refractivity contribution in [3.8, 4) is 5.88 Å². The minimum Gasteiger partial charge on any atom is -0.471 e. The third-order valence-corrected chi connectivity index (χ3v) is 4.59. The SMILES string of the molecule is O=C(Nc1ccccc1F)c1cn(Cc2cccc(F)c2)nc1OCc1cccc(F)c1. The minimum atomic E-state index is -0.630. The number of halogens is 3. The van der Waals surface area contributed by atoms with Crippen LogP contribution in [-0.4, -0.2) is 15.7 Å². The zero-order valence-corrected chi connectivity index (χ0v) is 16.8. The van der Waals surface area contributed by atoms with Crippen LogP contribution in [-0.2, 0) is 13.2 Å². The lowest BCUT2D eigenvalue weighted by Gasteiger charge is -2.07. The number of hydrogen-bond donors (Lipinski definition) is 1. The van der Waals surface area contributed by atoms with Crippen molar-refractivity contribution in [3.63, 3.8) is 0 Å². The van der Waals surface area contributed by atoms with Gasteiger partial charge in [0.15, 0.2) is 0 Å². The van der Waals surface area contributed by atoms with E-state index in [1.807, 2.05) is 0 Å². The summed E-state index contributed by atoms with van der Waals surface area (Å²) in [6, 6.07) is 17.6. The summed E-state index contributed by atoms with van der Waals surface area (Å²) in [6.07, 6.45) is 1.43. The molecule has 0 unspecified atom stereocenters. The lowest BCUT2D eigenvalue weighted by atomic mass is 10.2. The quantitative estimate of drug-likeness (QED) is 0.434. The second kappa shape index (κ2) is 9.38. The average molecular weight is 437 g/mol. The van der Waals surface area contributed by atoms with Crippen LogP contribution in [0.5, 0.6) is 5.88 Å². The number of anilines is 1. The number of benzene rings is 3. The normalized spacial score (nSPS) is 10.7. The summed E-state index contributed by atoms with van der Waals surface area (Å²) in [6.45, 7) is 0.149. The van der Waals surface area contributed by atoms with Crippen LogP contribution < -0.4 is 10.1 Å². The Labute approximate surface area is 182 Å². The number of nitrogens with one attached hydrogen (secondary N) is 1. The maximum Gasteiger partial charge on any atom is 0.262 e. The minimum absolute atomic E-state index is 0.00598. The number of carbonyl (C=O) groups is 1. The molecular formula is C24H18F3N3O2. The van der Waals surface area contributed by atoms with E-state index >= 15 is 0 Å². The van der Waals surface area contributed by atoms with Crippen molar-refractivity contribution in [2.24, 2.45) is 0 Å². The van der Waals surface area contributed by atoms with Gasteiger partial charge in [-0.1, -0.05) is 36.4 Å². The van der Waals surface area contributed by atoms with Gasteiger partial charge in [0, 0.05) is 6.20 Å². The van der Waals surface area contributed by atoms with Gasteiger partial charge in [0.25, 0.3) is 5.91 Å². The van der Waals surface area contributed by atoms with Gasteiger partial charge >= 0.3 is 0 Å². The largest absolute Gasteiger partial charge is 0.471 e. The van der Waals surface area contributed by atoms with Crippen LogP contribution in [0.15, 0.2) is 79.0 Å². The van der Waals surface area contributed by atoms with Crippen LogP contribution in [0.25, 0.3) is 0 Å². The third-order valence-electron chi connectivity index (χ3n) is 4.59. The molecule has 0 bridgehead atoms. The first-order valence-electron chi connectivity index (χ1n) is 9.73. The van der Waals surface area contributed by atoms with Crippen molar-refractivity contribution in [1.29, 1.82) is 0 Å². The predicted molar refractivity (Wildman–Crippen MR) is 113 cm³/mol. The monoisotopic (exact) mass is 437 g/mol. The number of aromatic nitrogens is 2. The zero-order valence-electron chi connectivity index (χ0n) is 16.8. The molecule has 1 amide bonds. The summed E-state index contributed by atoms with van der Waals surface area (Å²) >= 11 is 0. The number of hydrogen-bond acceptors (Lipinski definition) is 3. The molecule has 0 aliphatic heterocycles. The molecule has 0 spiro atoms. The summed E-state index contributed by atoms with van der Waals surface area (Å²) in [4.78, 5) is 12.8. The molecule has 0 aliphatic carbocycles. The molecule has 0 radical (unpaired) electrons. The fourth-order valence-electron chi connectivity index (χ4n) is 3.10. The van der Waals surface area contributed by atoms with E-state index < -0.39 is 23.4 Å². The maximum atomic E-state index is 14.0. The Bertz CT molecular complexity index is 1260. The molecule has 0 aliphatic rings. The van der Waals surface area contributed by atoms with E-state index in [0.29, 0.717) is 11.1 Å². The molecule has 8 heteroatoms. The Hall–Kier alpha value is -4.07. The highest BCUT2D eigenvalue weighted by Crippen LogP contribution is 2.22. The summed E-state index contributed by atoms with van der Waals surface area (Å²) in [7, 11) is 0. The molecule has 1 N–H and O–H groups in total. The summed E-state index contributed by atoms with van der Waals surface area (Å²) < 4.78 is 48.0. The Balaban J connectivity index is 1.60. The first kappa shape index (κ1) is 21.2. The molecular weight excluding hydrogens is 419 g/mol. The molecule has 32 heavy (non-hydrogen) atoms. The van der Waals surface area contributed by atoms with E-state index in [0.717, 1.165) is 0 Å². The molecule has 162 valence electrons. The lowest BCUT2D eigenvalue weighted by molar-refractivity contribution is 0.102. The number of nitrogens with zero attached hydrogens (tertiary/aromatic N) is 2.